The van der Waals surface area contributed by atoms with Crippen molar-refractivity contribution in [3.8, 4) is 0 Å². The minimum absolute atomic E-state index is 0.265. The molecule has 9 heteroatoms. The van der Waals surface area contributed by atoms with Crippen molar-refractivity contribution in [2.24, 2.45) is 5.73 Å². The Morgan fingerprint density at radius 2 is 1.80 bits per heavy atom. The van der Waals surface area contributed by atoms with Crippen molar-refractivity contribution in [3.63, 3.8) is 0 Å². The lowest BCUT2D eigenvalue weighted by Crippen LogP contribution is -2.31. The van der Waals surface area contributed by atoms with Crippen LogP contribution in [-0.4, -0.2) is 21.9 Å². The second-order valence-electron chi connectivity index (χ2n) is 3.91. The average Bonchev–Trinajstić information content (AvgIpc) is 2.42. The van der Waals surface area contributed by atoms with E-state index < -0.39 is 39.8 Å². The summed E-state index contributed by atoms with van der Waals surface area (Å²) in [5.41, 5.74) is 4.22. The van der Waals surface area contributed by atoms with E-state index in [0.717, 1.165) is 12.1 Å². The molecule has 1 aromatic rings. The standard InChI is InChI=1S/C11H13N3O6/c1-2-8(12)11(15)20-6-7-9(13(16)17)4-3-5-10(7)14(18)19/h3-5,8H,2,6,12H2,1H3. The van der Waals surface area contributed by atoms with Gasteiger partial charge in [0.1, 0.15) is 18.2 Å². The lowest BCUT2D eigenvalue weighted by atomic mass is 10.1. The van der Waals surface area contributed by atoms with Crippen molar-refractivity contribution in [3.05, 3.63) is 44.0 Å². The van der Waals surface area contributed by atoms with E-state index in [0.29, 0.717) is 6.42 Å². The maximum absolute atomic E-state index is 11.4. The van der Waals surface area contributed by atoms with Gasteiger partial charge in [0, 0.05) is 12.1 Å². The SMILES string of the molecule is CCC(N)C(=O)OCc1c([N+](=O)[O-])cccc1[N+](=O)[O-]. The summed E-state index contributed by atoms with van der Waals surface area (Å²) in [7, 11) is 0. The fourth-order valence-corrected chi connectivity index (χ4v) is 1.47. The van der Waals surface area contributed by atoms with E-state index in [4.69, 9.17) is 10.5 Å². The Morgan fingerprint density at radius 1 is 1.30 bits per heavy atom. The monoisotopic (exact) mass is 283 g/mol. The first-order chi connectivity index (χ1) is 9.38. The quantitative estimate of drug-likeness (QED) is 0.471. The first-order valence-corrected chi connectivity index (χ1v) is 5.71. The average molecular weight is 283 g/mol. The predicted molar refractivity (Wildman–Crippen MR) is 67.8 cm³/mol. The van der Waals surface area contributed by atoms with Crippen LogP contribution in [0.25, 0.3) is 0 Å². The summed E-state index contributed by atoms with van der Waals surface area (Å²) in [6, 6.07) is 2.54. The highest BCUT2D eigenvalue weighted by molar-refractivity contribution is 5.75. The summed E-state index contributed by atoms with van der Waals surface area (Å²) in [6.07, 6.45) is 0.331. The summed E-state index contributed by atoms with van der Waals surface area (Å²) >= 11 is 0. The molecule has 0 saturated carbocycles. The van der Waals surface area contributed by atoms with Gasteiger partial charge < -0.3 is 10.5 Å². The Bertz CT molecular complexity index is 513. The first-order valence-electron chi connectivity index (χ1n) is 5.71. The molecule has 9 nitrogen and oxygen atoms in total. The molecular formula is C11H13N3O6. The van der Waals surface area contributed by atoms with Crippen molar-refractivity contribution in [1.29, 1.82) is 0 Å². The van der Waals surface area contributed by atoms with Crippen LogP contribution >= 0.6 is 0 Å². The van der Waals surface area contributed by atoms with Crippen LogP contribution in [0.4, 0.5) is 11.4 Å². The van der Waals surface area contributed by atoms with Gasteiger partial charge in [0.15, 0.2) is 0 Å². The van der Waals surface area contributed by atoms with Gasteiger partial charge in [-0.2, -0.15) is 0 Å². The van der Waals surface area contributed by atoms with E-state index in [1.165, 1.54) is 6.07 Å². The molecule has 1 atom stereocenters. The van der Waals surface area contributed by atoms with Gasteiger partial charge in [0.05, 0.1) is 9.85 Å². The number of benzene rings is 1. The highest BCUT2D eigenvalue weighted by Gasteiger charge is 2.26. The molecule has 0 aliphatic heterocycles. The number of nitro benzene ring substituents is 2. The number of hydrogen-bond acceptors (Lipinski definition) is 7. The number of esters is 1. The van der Waals surface area contributed by atoms with E-state index in [-0.39, 0.29) is 5.56 Å². The van der Waals surface area contributed by atoms with Crippen LogP contribution in [-0.2, 0) is 16.1 Å². The number of carbonyl (C=O) groups is 1. The fourth-order valence-electron chi connectivity index (χ4n) is 1.47. The van der Waals surface area contributed by atoms with Gasteiger partial charge >= 0.3 is 5.97 Å². The third kappa shape index (κ3) is 3.48. The van der Waals surface area contributed by atoms with Crippen molar-refractivity contribution in [2.45, 2.75) is 26.0 Å². The number of rotatable bonds is 6. The van der Waals surface area contributed by atoms with Crippen molar-refractivity contribution in [1.82, 2.24) is 0 Å². The number of nitrogens with zero attached hydrogens (tertiary/aromatic N) is 2. The molecule has 0 aliphatic rings. The second kappa shape index (κ2) is 6.57. The highest BCUT2D eigenvalue weighted by Crippen LogP contribution is 2.28. The summed E-state index contributed by atoms with van der Waals surface area (Å²) in [5.74, 6) is -0.764. The molecule has 1 rings (SSSR count). The van der Waals surface area contributed by atoms with Crippen molar-refractivity contribution in [2.75, 3.05) is 0 Å². The van der Waals surface area contributed by atoms with Crippen LogP contribution in [0.15, 0.2) is 18.2 Å². The number of ether oxygens (including phenoxy) is 1. The van der Waals surface area contributed by atoms with Crippen LogP contribution in [0.1, 0.15) is 18.9 Å². The Labute approximate surface area is 113 Å². The van der Waals surface area contributed by atoms with Crippen LogP contribution < -0.4 is 5.73 Å². The molecular weight excluding hydrogens is 270 g/mol. The zero-order valence-corrected chi connectivity index (χ0v) is 10.6. The van der Waals surface area contributed by atoms with Gasteiger partial charge in [-0.15, -0.1) is 0 Å². The predicted octanol–water partition coefficient (Wildman–Crippen LogP) is 1.28. The van der Waals surface area contributed by atoms with E-state index in [2.05, 4.69) is 0 Å². The number of carbonyl (C=O) groups excluding carboxylic acids is 1. The fraction of sp³-hybridized carbons (Fsp3) is 0.364. The van der Waals surface area contributed by atoms with Crippen LogP contribution in [0.2, 0.25) is 0 Å². The third-order valence-electron chi connectivity index (χ3n) is 2.62. The normalized spacial score (nSPS) is 11.7. The Kier molecular flexibility index (Phi) is 5.09. The lowest BCUT2D eigenvalue weighted by molar-refractivity contribution is -0.396. The van der Waals surface area contributed by atoms with Crippen LogP contribution in [0, 0.1) is 20.2 Å². The maximum Gasteiger partial charge on any atom is 0.323 e. The summed E-state index contributed by atoms with van der Waals surface area (Å²) in [6.45, 7) is 1.10. The molecule has 0 heterocycles. The third-order valence-corrected chi connectivity index (χ3v) is 2.62. The van der Waals surface area contributed by atoms with Gasteiger partial charge in [0.2, 0.25) is 0 Å². The topological polar surface area (TPSA) is 139 Å². The molecule has 0 aromatic heterocycles. The maximum atomic E-state index is 11.4. The molecule has 1 unspecified atom stereocenters. The lowest BCUT2D eigenvalue weighted by Gasteiger charge is -2.09. The Hall–Kier alpha value is -2.55. The Balaban J connectivity index is 3.06. The minimum Gasteiger partial charge on any atom is -0.459 e. The van der Waals surface area contributed by atoms with Crippen molar-refractivity contribution < 1.29 is 19.4 Å². The number of hydrogen-bond donors (Lipinski definition) is 1. The van der Waals surface area contributed by atoms with Gasteiger partial charge in [-0.05, 0) is 12.5 Å². The zero-order valence-electron chi connectivity index (χ0n) is 10.6. The zero-order chi connectivity index (χ0) is 15.3. The summed E-state index contributed by atoms with van der Waals surface area (Å²) < 4.78 is 4.79. The molecule has 0 radical (unpaired) electrons. The van der Waals surface area contributed by atoms with Gasteiger partial charge in [-0.1, -0.05) is 6.92 Å². The molecule has 0 saturated heterocycles. The summed E-state index contributed by atoms with van der Waals surface area (Å²) in [5, 5.41) is 21.7. The van der Waals surface area contributed by atoms with Crippen LogP contribution in [0.3, 0.4) is 0 Å². The number of nitrogens with two attached hydrogens (primary N) is 1. The molecule has 0 bridgehead atoms. The largest absolute Gasteiger partial charge is 0.459 e. The minimum atomic E-state index is -0.864. The molecule has 108 valence electrons. The number of nitro groups is 2. The van der Waals surface area contributed by atoms with Gasteiger partial charge in [0.25, 0.3) is 11.4 Å². The molecule has 0 fully saturated rings. The van der Waals surface area contributed by atoms with E-state index in [1.54, 1.807) is 6.92 Å². The summed E-state index contributed by atoms with van der Waals surface area (Å²) in [4.78, 5) is 31.6. The van der Waals surface area contributed by atoms with Crippen LogP contribution in [0.5, 0.6) is 0 Å². The molecule has 1 aromatic carbocycles. The van der Waals surface area contributed by atoms with E-state index in [9.17, 15) is 25.0 Å². The van der Waals surface area contributed by atoms with E-state index >= 15 is 0 Å². The molecule has 2 N–H and O–H groups in total. The Morgan fingerprint density at radius 3 is 2.20 bits per heavy atom. The van der Waals surface area contributed by atoms with Gasteiger partial charge in [-0.3, -0.25) is 25.0 Å². The molecule has 20 heavy (non-hydrogen) atoms. The molecule has 0 aliphatic carbocycles. The van der Waals surface area contributed by atoms with Gasteiger partial charge in [-0.25, -0.2) is 0 Å². The molecule has 0 spiro atoms. The highest BCUT2D eigenvalue weighted by atomic mass is 16.6. The van der Waals surface area contributed by atoms with E-state index in [1.807, 2.05) is 0 Å². The first kappa shape index (κ1) is 15.5. The smallest absolute Gasteiger partial charge is 0.323 e. The second-order valence-corrected chi connectivity index (χ2v) is 3.91. The molecule has 0 amide bonds. The van der Waals surface area contributed by atoms with Crippen molar-refractivity contribution >= 4 is 17.3 Å².